The predicted octanol–water partition coefficient (Wildman–Crippen LogP) is 3.52. The van der Waals surface area contributed by atoms with Crippen LogP contribution in [0.3, 0.4) is 0 Å². The molecule has 23 heavy (non-hydrogen) atoms. The van der Waals surface area contributed by atoms with Crippen molar-refractivity contribution >= 4 is 0 Å². The molecule has 0 aliphatic heterocycles. The van der Waals surface area contributed by atoms with Crippen molar-refractivity contribution in [2.24, 2.45) is 5.92 Å². The Labute approximate surface area is 132 Å². The first kappa shape index (κ1) is 16.0. The molecule has 0 spiro atoms. The van der Waals surface area contributed by atoms with E-state index in [2.05, 4.69) is 15.2 Å². The van der Waals surface area contributed by atoms with Crippen molar-refractivity contribution in [3.05, 3.63) is 29.7 Å². The van der Waals surface area contributed by atoms with Crippen LogP contribution in [0.4, 0.5) is 8.78 Å². The largest absolute Gasteiger partial charge is 0.370 e. The fourth-order valence-electron chi connectivity index (χ4n) is 3.03. The number of nitrogens with zero attached hydrogens (tertiary/aromatic N) is 4. The van der Waals surface area contributed by atoms with E-state index in [1.54, 1.807) is 0 Å². The molecule has 2 aromatic heterocycles. The van der Waals surface area contributed by atoms with Gasteiger partial charge in [0.25, 0.3) is 6.43 Å². The lowest BCUT2D eigenvalue weighted by Crippen LogP contribution is -2.15. The summed E-state index contributed by atoms with van der Waals surface area (Å²) in [4.78, 5) is 4.37. The van der Waals surface area contributed by atoms with Gasteiger partial charge in [0.1, 0.15) is 18.3 Å². The highest BCUT2D eigenvalue weighted by Gasteiger charge is 2.30. The van der Waals surface area contributed by atoms with Gasteiger partial charge in [-0.2, -0.15) is 10.1 Å². The van der Waals surface area contributed by atoms with Gasteiger partial charge >= 0.3 is 0 Å². The van der Waals surface area contributed by atoms with Crippen LogP contribution >= 0.6 is 0 Å². The molecule has 2 heterocycles. The topological polar surface area (TPSA) is 66.0 Å². The molecule has 1 atom stereocenters. The average Bonchev–Trinajstić information content (AvgIpc) is 3.27. The Bertz CT molecular complexity index is 623. The Kier molecular flexibility index (Phi) is 5.00. The SMILES string of the molecule is CCOC(c1noc(Cn2ccc(C(F)F)n2)n1)C1CCCC1. The molecule has 3 rings (SSSR count). The second-order valence-corrected chi connectivity index (χ2v) is 5.71. The summed E-state index contributed by atoms with van der Waals surface area (Å²) in [6.45, 7) is 2.70. The lowest BCUT2D eigenvalue weighted by Gasteiger charge is -2.19. The van der Waals surface area contributed by atoms with Crippen LogP contribution < -0.4 is 0 Å². The first-order valence-electron chi connectivity index (χ1n) is 7.93. The molecule has 6 nitrogen and oxygen atoms in total. The summed E-state index contributed by atoms with van der Waals surface area (Å²) in [5.41, 5.74) is -0.261. The van der Waals surface area contributed by atoms with Crippen LogP contribution in [0.5, 0.6) is 0 Å². The molecule has 0 N–H and O–H groups in total. The van der Waals surface area contributed by atoms with Gasteiger partial charge in [-0.15, -0.1) is 0 Å². The molecule has 1 unspecified atom stereocenters. The van der Waals surface area contributed by atoms with Crippen LogP contribution in [0.25, 0.3) is 0 Å². The number of alkyl halides is 2. The Morgan fingerprint density at radius 2 is 2.17 bits per heavy atom. The third-order valence-corrected chi connectivity index (χ3v) is 4.09. The maximum Gasteiger partial charge on any atom is 0.282 e. The molecular weight excluding hydrogens is 306 g/mol. The lowest BCUT2D eigenvalue weighted by atomic mass is 10.0. The molecule has 8 heteroatoms. The first-order chi connectivity index (χ1) is 11.2. The first-order valence-corrected chi connectivity index (χ1v) is 7.93. The summed E-state index contributed by atoms with van der Waals surface area (Å²) in [5.74, 6) is 1.29. The quantitative estimate of drug-likeness (QED) is 0.779. The van der Waals surface area contributed by atoms with Crippen LogP contribution in [0.1, 0.15) is 62.5 Å². The highest BCUT2D eigenvalue weighted by Crippen LogP contribution is 2.37. The molecule has 0 saturated heterocycles. The summed E-state index contributed by atoms with van der Waals surface area (Å²) >= 11 is 0. The van der Waals surface area contributed by atoms with Crippen LogP contribution in [0.2, 0.25) is 0 Å². The third-order valence-electron chi connectivity index (χ3n) is 4.09. The molecule has 126 valence electrons. The number of hydrogen-bond donors (Lipinski definition) is 0. The minimum Gasteiger partial charge on any atom is -0.370 e. The summed E-state index contributed by atoms with van der Waals surface area (Å²) in [6, 6.07) is 1.28. The molecule has 0 aromatic carbocycles. The molecule has 1 fully saturated rings. The van der Waals surface area contributed by atoms with Crippen LogP contribution in [0, 0.1) is 5.92 Å². The van der Waals surface area contributed by atoms with Gasteiger partial charge in [0, 0.05) is 12.8 Å². The minimum atomic E-state index is -2.58. The third kappa shape index (κ3) is 3.74. The minimum absolute atomic E-state index is 0.158. The van der Waals surface area contributed by atoms with Gasteiger partial charge in [-0.25, -0.2) is 8.78 Å². The Morgan fingerprint density at radius 1 is 1.39 bits per heavy atom. The second-order valence-electron chi connectivity index (χ2n) is 5.71. The van der Waals surface area contributed by atoms with Gasteiger partial charge in [-0.05, 0) is 31.7 Å². The zero-order chi connectivity index (χ0) is 16.2. The zero-order valence-corrected chi connectivity index (χ0v) is 13.0. The van der Waals surface area contributed by atoms with E-state index in [1.807, 2.05) is 6.92 Å². The number of aromatic nitrogens is 4. The van der Waals surface area contributed by atoms with Crippen molar-refractivity contribution in [3.63, 3.8) is 0 Å². The Morgan fingerprint density at radius 3 is 2.83 bits per heavy atom. The molecule has 1 aliphatic carbocycles. The molecule has 1 aliphatic rings. The zero-order valence-electron chi connectivity index (χ0n) is 13.0. The highest BCUT2D eigenvalue weighted by molar-refractivity contribution is 5.01. The van der Waals surface area contributed by atoms with E-state index in [0.717, 1.165) is 12.8 Å². The number of hydrogen-bond acceptors (Lipinski definition) is 5. The van der Waals surface area contributed by atoms with E-state index in [4.69, 9.17) is 9.26 Å². The maximum absolute atomic E-state index is 12.5. The summed E-state index contributed by atoms with van der Waals surface area (Å²) in [6.07, 6.45) is 3.33. The fraction of sp³-hybridized carbons (Fsp3) is 0.667. The molecule has 0 bridgehead atoms. The van der Waals surface area contributed by atoms with Crippen LogP contribution in [-0.4, -0.2) is 26.5 Å². The highest BCUT2D eigenvalue weighted by atomic mass is 19.3. The summed E-state index contributed by atoms with van der Waals surface area (Å²) in [7, 11) is 0. The Balaban J connectivity index is 1.70. The van der Waals surface area contributed by atoms with E-state index in [-0.39, 0.29) is 18.3 Å². The lowest BCUT2D eigenvalue weighted by molar-refractivity contribution is 0.0127. The molecule has 2 aromatic rings. The van der Waals surface area contributed by atoms with Gasteiger partial charge in [-0.1, -0.05) is 18.0 Å². The van der Waals surface area contributed by atoms with Gasteiger partial charge in [0.05, 0.1) is 0 Å². The monoisotopic (exact) mass is 326 g/mol. The van der Waals surface area contributed by atoms with Crippen LogP contribution in [-0.2, 0) is 11.3 Å². The van der Waals surface area contributed by atoms with E-state index >= 15 is 0 Å². The van der Waals surface area contributed by atoms with Crippen LogP contribution in [0.15, 0.2) is 16.8 Å². The van der Waals surface area contributed by atoms with Crippen molar-refractivity contribution in [2.75, 3.05) is 6.61 Å². The standard InChI is InChI=1S/C15H20F2N4O2/c1-2-22-13(10-5-3-4-6-10)15-18-12(23-20-15)9-21-8-7-11(19-21)14(16)17/h7-8,10,13-14H,2-6,9H2,1H3. The summed E-state index contributed by atoms with van der Waals surface area (Å²) < 4.78 is 37.5. The number of rotatable bonds is 7. The Hall–Kier alpha value is -1.83. The van der Waals surface area contributed by atoms with Crippen molar-refractivity contribution in [1.82, 2.24) is 19.9 Å². The number of ether oxygens (including phenoxy) is 1. The van der Waals surface area contributed by atoms with E-state index in [9.17, 15) is 8.78 Å². The van der Waals surface area contributed by atoms with E-state index in [1.165, 1.54) is 29.8 Å². The second kappa shape index (κ2) is 7.16. The van der Waals surface area contributed by atoms with Gasteiger partial charge in [0.2, 0.25) is 11.7 Å². The van der Waals surface area contributed by atoms with Gasteiger partial charge < -0.3 is 9.26 Å². The predicted molar refractivity (Wildman–Crippen MR) is 76.9 cm³/mol. The molecule has 0 radical (unpaired) electrons. The average molecular weight is 326 g/mol. The maximum atomic E-state index is 12.5. The van der Waals surface area contributed by atoms with Gasteiger partial charge in [0.15, 0.2) is 0 Å². The van der Waals surface area contributed by atoms with E-state index in [0.29, 0.717) is 24.2 Å². The van der Waals surface area contributed by atoms with Crippen molar-refractivity contribution < 1.29 is 18.0 Å². The smallest absolute Gasteiger partial charge is 0.282 e. The normalized spacial score (nSPS) is 17.2. The van der Waals surface area contributed by atoms with Crippen molar-refractivity contribution in [1.29, 1.82) is 0 Å². The molecule has 0 amide bonds. The van der Waals surface area contributed by atoms with Crippen molar-refractivity contribution in [3.8, 4) is 0 Å². The van der Waals surface area contributed by atoms with E-state index < -0.39 is 6.43 Å². The summed E-state index contributed by atoms with van der Waals surface area (Å²) in [5, 5.41) is 7.80. The van der Waals surface area contributed by atoms with Crippen molar-refractivity contribution in [2.45, 2.75) is 51.7 Å². The molecular formula is C15H20F2N4O2. The fourth-order valence-corrected chi connectivity index (χ4v) is 3.03. The van der Waals surface area contributed by atoms with Gasteiger partial charge in [-0.3, -0.25) is 4.68 Å². The number of halogens is 2. The molecule has 1 saturated carbocycles.